The lowest BCUT2D eigenvalue weighted by Crippen LogP contribution is -2.47. The number of aryl methyl sites for hydroxylation is 1. The van der Waals surface area contributed by atoms with Crippen molar-refractivity contribution >= 4 is 0 Å². The summed E-state index contributed by atoms with van der Waals surface area (Å²) in [5, 5.41) is 0. The normalized spacial score (nSPS) is 25.5. The number of hydrogen-bond donors (Lipinski definition) is 0. The molecule has 0 spiro atoms. The molecule has 3 rings (SSSR count). The summed E-state index contributed by atoms with van der Waals surface area (Å²) in [6.07, 6.45) is 6.70. The summed E-state index contributed by atoms with van der Waals surface area (Å²) >= 11 is 0. The fourth-order valence-electron chi connectivity index (χ4n) is 4.14. The molecule has 0 aliphatic carbocycles. The van der Waals surface area contributed by atoms with Crippen LogP contribution in [0.1, 0.15) is 50.7 Å². The topological polar surface area (TPSA) is 6.48 Å². The summed E-state index contributed by atoms with van der Waals surface area (Å²) in [6.45, 7) is 11.0. The molecule has 122 valence electrons. The molecule has 2 heteroatoms. The number of likely N-dealkylation sites (tertiary alicyclic amines) is 2. The van der Waals surface area contributed by atoms with Crippen LogP contribution in [0.5, 0.6) is 0 Å². The highest BCUT2D eigenvalue weighted by atomic mass is 15.2. The van der Waals surface area contributed by atoms with Crippen molar-refractivity contribution < 1.29 is 0 Å². The molecule has 0 amide bonds. The van der Waals surface area contributed by atoms with Gasteiger partial charge in [-0.2, -0.15) is 0 Å². The number of hydrogen-bond acceptors (Lipinski definition) is 2. The van der Waals surface area contributed by atoms with Crippen molar-refractivity contribution in [2.24, 2.45) is 5.92 Å². The van der Waals surface area contributed by atoms with Gasteiger partial charge in [-0.25, -0.2) is 0 Å². The fourth-order valence-corrected chi connectivity index (χ4v) is 4.14. The van der Waals surface area contributed by atoms with Gasteiger partial charge in [0.25, 0.3) is 0 Å². The quantitative estimate of drug-likeness (QED) is 0.831. The molecule has 2 heterocycles. The van der Waals surface area contributed by atoms with E-state index in [2.05, 4.69) is 47.9 Å². The van der Waals surface area contributed by atoms with Crippen LogP contribution in [0, 0.1) is 5.92 Å². The number of nitrogens with zero attached hydrogens (tertiary/aromatic N) is 2. The molecule has 2 nitrogen and oxygen atoms in total. The molecule has 1 atom stereocenters. The van der Waals surface area contributed by atoms with Crippen molar-refractivity contribution in [1.29, 1.82) is 0 Å². The van der Waals surface area contributed by atoms with E-state index < -0.39 is 0 Å². The highest BCUT2D eigenvalue weighted by molar-refractivity contribution is 5.22. The first-order valence-electron chi connectivity index (χ1n) is 9.29. The number of piperidine rings is 2. The minimum absolute atomic E-state index is 0.849. The van der Waals surface area contributed by atoms with Gasteiger partial charge in [-0.15, -0.1) is 0 Å². The third kappa shape index (κ3) is 4.11. The van der Waals surface area contributed by atoms with Crippen molar-refractivity contribution in [2.75, 3.05) is 26.2 Å². The van der Waals surface area contributed by atoms with Gasteiger partial charge in [0.2, 0.25) is 0 Å². The van der Waals surface area contributed by atoms with Gasteiger partial charge >= 0.3 is 0 Å². The van der Waals surface area contributed by atoms with E-state index in [-0.39, 0.29) is 0 Å². The third-order valence-corrected chi connectivity index (χ3v) is 5.60. The molecule has 2 aliphatic heterocycles. The molecule has 2 aliphatic rings. The summed E-state index contributed by atoms with van der Waals surface area (Å²) in [7, 11) is 0. The maximum Gasteiger partial charge on any atom is 0.0233 e. The van der Waals surface area contributed by atoms with Gasteiger partial charge in [-0.1, -0.05) is 38.1 Å². The van der Waals surface area contributed by atoms with E-state index in [1.54, 1.807) is 0 Å². The first kappa shape index (κ1) is 16.0. The SMILES string of the molecule is CCc1ccc(CN2CCC(N3CCC[C@@H](C)C3)CC2)cc1. The molecule has 0 saturated carbocycles. The van der Waals surface area contributed by atoms with Crippen molar-refractivity contribution in [3.8, 4) is 0 Å². The van der Waals surface area contributed by atoms with Gasteiger partial charge in [0.15, 0.2) is 0 Å². The second-order valence-corrected chi connectivity index (χ2v) is 7.42. The van der Waals surface area contributed by atoms with E-state index in [1.165, 1.54) is 63.0 Å². The van der Waals surface area contributed by atoms with Gasteiger partial charge in [-0.05, 0) is 68.8 Å². The summed E-state index contributed by atoms with van der Waals surface area (Å²) in [4.78, 5) is 5.42. The standard InChI is InChI=1S/C20H32N2/c1-3-18-6-8-19(9-7-18)16-21-13-10-20(11-14-21)22-12-4-5-17(2)15-22/h6-9,17,20H,3-5,10-16H2,1-2H3/t17-/m1/s1. The highest BCUT2D eigenvalue weighted by Crippen LogP contribution is 2.24. The van der Waals surface area contributed by atoms with Crippen molar-refractivity contribution in [1.82, 2.24) is 9.80 Å². The Hall–Kier alpha value is -0.860. The van der Waals surface area contributed by atoms with Gasteiger partial charge in [0.1, 0.15) is 0 Å². The zero-order valence-electron chi connectivity index (χ0n) is 14.4. The molecule has 1 aromatic carbocycles. The average molecular weight is 300 g/mol. The summed E-state index contributed by atoms with van der Waals surface area (Å²) in [6, 6.07) is 10.1. The smallest absolute Gasteiger partial charge is 0.0233 e. The molecule has 0 N–H and O–H groups in total. The van der Waals surface area contributed by atoms with Crippen LogP contribution in [0.4, 0.5) is 0 Å². The van der Waals surface area contributed by atoms with E-state index in [0.717, 1.165) is 24.9 Å². The van der Waals surface area contributed by atoms with Crippen LogP contribution >= 0.6 is 0 Å². The second-order valence-electron chi connectivity index (χ2n) is 7.42. The second kappa shape index (κ2) is 7.61. The molecule has 22 heavy (non-hydrogen) atoms. The lowest BCUT2D eigenvalue weighted by Gasteiger charge is -2.41. The molecule has 2 saturated heterocycles. The molecular weight excluding hydrogens is 268 g/mol. The summed E-state index contributed by atoms with van der Waals surface area (Å²) in [5.74, 6) is 0.906. The fraction of sp³-hybridized carbons (Fsp3) is 0.700. The zero-order chi connectivity index (χ0) is 15.4. The predicted molar refractivity (Wildman–Crippen MR) is 94.1 cm³/mol. The summed E-state index contributed by atoms with van der Waals surface area (Å²) in [5.41, 5.74) is 2.92. The number of benzene rings is 1. The van der Waals surface area contributed by atoms with E-state index in [9.17, 15) is 0 Å². The molecule has 0 aromatic heterocycles. The van der Waals surface area contributed by atoms with Crippen LogP contribution in [0.15, 0.2) is 24.3 Å². The van der Waals surface area contributed by atoms with E-state index in [1.807, 2.05) is 0 Å². The van der Waals surface area contributed by atoms with Crippen molar-refractivity contribution in [3.63, 3.8) is 0 Å². The van der Waals surface area contributed by atoms with Crippen molar-refractivity contribution in [3.05, 3.63) is 35.4 Å². The van der Waals surface area contributed by atoms with Gasteiger partial charge in [0, 0.05) is 19.1 Å². The predicted octanol–water partition coefficient (Wildman–Crippen LogP) is 3.95. The maximum absolute atomic E-state index is 2.78. The zero-order valence-corrected chi connectivity index (χ0v) is 14.4. The minimum atomic E-state index is 0.849. The van der Waals surface area contributed by atoms with Crippen molar-refractivity contribution in [2.45, 2.75) is 58.5 Å². The highest BCUT2D eigenvalue weighted by Gasteiger charge is 2.27. The van der Waals surface area contributed by atoms with E-state index >= 15 is 0 Å². The van der Waals surface area contributed by atoms with Crippen LogP contribution in [0.3, 0.4) is 0 Å². The Morgan fingerprint density at radius 2 is 1.64 bits per heavy atom. The largest absolute Gasteiger partial charge is 0.300 e. The summed E-state index contributed by atoms with van der Waals surface area (Å²) < 4.78 is 0. The lowest BCUT2D eigenvalue weighted by atomic mass is 9.95. The lowest BCUT2D eigenvalue weighted by molar-refractivity contribution is 0.0729. The average Bonchev–Trinajstić information content (AvgIpc) is 2.56. The van der Waals surface area contributed by atoms with Crippen LogP contribution in [-0.4, -0.2) is 42.0 Å². The van der Waals surface area contributed by atoms with Crippen LogP contribution in [0.25, 0.3) is 0 Å². The Morgan fingerprint density at radius 1 is 0.955 bits per heavy atom. The van der Waals surface area contributed by atoms with E-state index in [0.29, 0.717) is 0 Å². The Labute approximate surface area is 136 Å². The Kier molecular flexibility index (Phi) is 5.54. The first-order chi connectivity index (χ1) is 10.7. The van der Waals surface area contributed by atoms with Gasteiger partial charge < -0.3 is 4.90 Å². The first-order valence-corrected chi connectivity index (χ1v) is 9.29. The number of rotatable bonds is 4. The Morgan fingerprint density at radius 3 is 2.27 bits per heavy atom. The molecule has 0 unspecified atom stereocenters. The molecule has 0 radical (unpaired) electrons. The molecular formula is C20H32N2. The Bertz CT molecular complexity index is 445. The van der Waals surface area contributed by atoms with Crippen LogP contribution in [0.2, 0.25) is 0 Å². The van der Waals surface area contributed by atoms with Crippen LogP contribution < -0.4 is 0 Å². The van der Waals surface area contributed by atoms with Gasteiger partial charge in [-0.3, -0.25) is 4.90 Å². The minimum Gasteiger partial charge on any atom is -0.300 e. The Balaban J connectivity index is 1.46. The molecule has 1 aromatic rings. The monoisotopic (exact) mass is 300 g/mol. The molecule has 0 bridgehead atoms. The van der Waals surface area contributed by atoms with Crippen LogP contribution in [-0.2, 0) is 13.0 Å². The third-order valence-electron chi connectivity index (χ3n) is 5.60. The molecule has 2 fully saturated rings. The van der Waals surface area contributed by atoms with E-state index in [4.69, 9.17) is 0 Å². The van der Waals surface area contributed by atoms with Gasteiger partial charge in [0.05, 0.1) is 0 Å². The maximum atomic E-state index is 2.78.